The summed E-state index contributed by atoms with van der Waals surface area (Å²) in [5, 5.41) is 8.61. The molecule has 4 fully saturated rings. The van der Waals surface area contributed by atoms with Crippen LogP contribution in [-0.4, -0.2) is 149 Å². The topological polar surface area (TPSA) is 233 Å². The number of fused-ring (bicyclic) bond motifs is 1. The SMILES string of the molecule is CN1CCN([C@@H]2CCCN(c3cnc(C(N)=O)c(Nc4ccc(C5(C)CCN(C(=O)CCOCCNc6cccc7c6C(=O)N(C6CCC(=O)NC6=O)C7=O)CC5)cc4)n3)C2)C1=O. The van der Waals surface area contributed by atoms with E-state index in [1.54, 1.807) is 23.2 Å². The fourth-order valence-corrected chi connectivity index (χ4v) is 9.19. The van der Waals surface area contributed by atoms with Gasteiger partial charge in [-0.15, -0.1) is 0 Å². The van der Waals surface area contributed by atoms with Crippen LogP contribution in [0.4, 0.5) is 27.8 Å². The van der Waals surface area contributed by atoms with Crippen molar-refractivity contribution in [1.82, 2.24) is 34.9 Å². The molecule has 0 spiro atoms. The average molecular weight is 864 g/mol. The summed E-state index contributed by atoms with van der Waals surface area (Å²) in [7, 11) is 1.82. The maximum atomic E-state index is 13.3. The van der Waals surface area contributed by atoms with E-state index in [9.17, 15) is 33.6 Å². The second kappa shape index (κ2) is 18.0. The lowest BCUT2D eigenvalue weighted by Gasteiger charge is -2.40. The van der Waals surface area contributed by atoms with Gasteiger partial charge in [0, 0.05) is 70.7 Å². The summed E-state index contributed by atoms with van der Waals surface area (Å²) < 4.78 is 5.76. The summed E-state index contributed by atoms with van der Waals surface area (Å²) in [5.41, 5.74) is 8.23. The number of ether oxygens (including phenoxy) is 1. The van der Waals surface area contributed by atoms with Crippen molar-refractivity contribution in [2.24, 2.45) is 5.73 Å². The van der Waals surface area contributed by atoms with Crippen molar-refractivity contribution >= 4 is 64.5 Å². The number of nitrogens with zero attached hydrogens (tertiary/aromatic N) is 7. The number of hydrogen-bond acceptors (Lipinski definition) is 13. The van der Waals surface area contributed by atoms with Crippen LogP contribution in [0, 0.1) is 0 Å². The molecule has 0 aliphatic carbocycles. The highest BCUT2D eigenvalue weighted by atomic mass is 16.5. The minimum Gasteiger partial charge on any atom is -0.382 e. The third-order valence-corrected chi connectivity index (χ3v) is 13.0. The summed E-state index contributed by atoms with van der Waals surface area (Å²) in [4.78, 5) is 106. The Labute approximate surface area is 364 Å². The van der Waals surface area contributed by atoms with E-state index in [2.05, 4.69) is 32.8 Å². The molecule has 19 heteroatoms. The molecule has 2 aromatic carbocycles. The third-order valence-electron chi connectivity index (χ3n) is 13.0. The molecule has 1 aromatic heterocycles. The van der Waals surface area contributed by atoms with Crippen molar-refractivity contribution in [3.8, 4) is 0 Å². The number of anilines is 4. The highest BCUT2D eigenvalue weighted by molar-refractivity contribution is 6.25. The predicted octanol–water partition coefficient (Wildman–Crippen LogP) is 2.46. The van der Waals surface area contributed by atoms with Gasteiger partial charge in [0.1, 0.15) is 11.9 Å². The molecule has 2 atom stereocenters. The van der Waals surface area contributed by atoms with Gasteiger partial charge in [-0.3, -0.25) is 39.0 Å². The molecule has 19 nitrogen and oxygen atoms in total. The summed E-state index contributed by atoms with van der Waals surface area (Å²) in [5.74, 6) is -2.08. The van der Waals surface area contributed by atoms with Crippen molar-refractivity contribution in [3.05, 3.63) is 71.0 Å². The van der Waals surface area contributed by atoms with Crippen LogP contribution in [-0.2, 0) is 24.5 Å². The van der Waals surface area contributed by atoms with Gasteiger partial charge in [0.2, 0.25) is 17.7 Å². The number of likely N-dealkylation sites (N-methyl/N-ethyl adjacent to an activating group) is 1. The molecular formula is C44H53N11O8. The van der Waals surface area contributed by atoms with Crippen LogP contribution in [0.3, 0.4) is 0 Å². The van der Waals surface area contributed by atoms with Crippen LogP contribution in [0.5, 0.6) is 0 Å². The quantitative estimate of drug-likeness (QED) is 0.135. The minimum atomic E-state index is -1.04. The Hall–Kier alpha value is -6.63. The van der Waals surface area contributed by atoms with Gasteiger partial charge in [-0.2, -0.15) is 0 Å². The largest absolute Gasteiger partial charge is 0.382 e. The molecule has 3 aromatic rings. The summed E-state index contributed by atoms with van der Waals surface area (Å²) >= 11 is 0. The number of piperidine rings is 3. The number of hydrogen-bond donors (Lipinski definition) is 4. The van der Waals surface area contributed by atoms with Gasteiger partial charge in [0.05, 0.1) is 43.0 Å². The number of primary amides is 1. The molecule has 332 valence electrons. The van der Waals surface area contributed by atoms with Gasteiger partial charge in [0.25, 0.3) is 17.7 Å². The smallest absolute Gasteiger partial charge is 0.320 e. The second-order valence-corrected chi connectivity index (χ2v) is 17.0. The van der Waals surface area contributed by atoms with E-state index in [0.29, 0.717) is 56.5 Å². The molecule has 63 heavy (non-hydrogen) atoms. The Morgan fingerprint density at radius 1 is 0.952 bits per heavy atom. The minimum absolute atomic E-state index is 0.00823. The monoisotopic (exact) mass is 863 g/mol. The Bertz CT molecular complexity index is 2310. The zero-order valence-electron chi connectivity index (χ0n) is 35.6. The lowest BCUT2D eigenvalue weighted by molar-refractivity contribution is -0.136. The first-order chi connectivity index (χ1) is 30.3. The number of amides is 8. The van der Waals surface area contributed by atoms with Crippen LogP contribution >= 0.6 is 0 Å². The standard InChI is InChI=1S/C44H53N11O8/c1-44(27-8-10-28(11-9-27)48-39-37(38(45)58)47-25-33(49-39)53-18-4-5-29(26-53)54-22-21-51(2)43(54)62)15-19-52(20-16-44)35(57)14-23-63-24-17-46-31-7-3-6-30-36(31)42(61)55(41(30)60)32-12-13-34(56)50-40(32)59/h3,6-11,25,29,32,46H,4-5,12-24,26H2,1-2H3,(H2,45,58)(H,48,49)(H,50,56,59)/t29-,32?/m1/s1. The molecule has 5 N–H and O–H groups in total. The highest BCUT2D eigenvalue weighted by Gasteiger charge is 2.45. The number of benzene rings is 2. The first-order valence-corrected chi connectivity index (χ1v) is 21.6. The van der Waals surface area contributed by atoms with E-state index in [4.69, 9.17) is 15.5 Å². The molecule has 0 bridgehead atoms. The van der Waals surface area contributed by atoms with E-state index in [1.807, 2.05) is 41.1 Å². The van der Waals surface area contributed by atoms with Crippen LogP contribution < -0.4 is 26.6 Å². The van der Waals surface area contributed by atoms with E-state index >= 15 is 0 Å². The zero-order valence-corrected chi connectivity index (χ0v) is 35.6. The molecule has 8 rings (SSSR count). The van der Waals surface area contributed by atoms with E-state index < -0.39 is 35.6 Å². The molecular weight excluding hydrogens is 811 g/mol. The van der Waals surface area contributed by atoms with Crippen LogP contribution in [0.1, 0.15) is 88.6 Å². The van der Waals surface area contributed by atoms with Crippen molar-refractivity contribution in [2.75, 3.05) is 81.6 Å². The lowest BCUT2D eigenvalue weighted by atomic mass is 9.74. The highest BCUT2D eigenvalue weighted by Crippen LogP contribution is 2.37. The number of nitrogens with two attached hydrogens (primary N) is 1. The maximum Gasteiger partial charge on any atom is 0.320 e. The fourth-order valence-electron chi connectivity index (χ4n) is 9.19. The number of rotatable bonds is 14. The number of carbonyl (C=O) groups excluding carboxylic acids is 7. The molecule has 6 heterocycles. The summed E-state index contributed by atoms with van der Waals surface area (Å²) in [6.07, 6.45) is 5.26. The number of imide groups is 2. The van der Waals surface area contributed by atoms with Crippen LogP contribution in [0.2, 0.25) is 0 Å². The predicted molar refractivity (Wildman–Crippen MR) is 230 cm³/mol. The van der Waals surface area contributed by atoms with E-state index in [1.165, 1.54) is 6.07 Å². The van der Waals surface area contributed by atoms with Gasteiger partial charge in [-0.25, -0.2) is 14.8 Å². The van der Waals surface area contributed by atoms with Crippen molar-refractivity contribution in [2.45, 2.75) is 69.4 Å². The van der Waals surface area contributed by atoms with Crippen molar-refractivity contribution in [1.29, 1.82) is 0 Å². The second-order valence-electron chi connectivity index (χ2n) is 17.0. The van der Waals surface area contributed by atoms with Gasteiger partial charge >= 0.3 is 6.03 Å². The van der Waals surface area contributed by atoms with Crippen molar-refractivity contribution in [3.63, 3.8) is 0 Å². The Balaban J connectivity index is 0.789. The third kappa shape index (κ3) is 8.87. The molecule has 5 aliphatic heterocycles. The number of aromatic nitrogens is 2. The fraction of sp³-hybridized carbons (Fsp3) is 0.477. The normalized spacial score (nSPS) is 21.2. The Morgan fingerprint density at radius 3 is 2.44 bits per heavy atom. The van der Waals surface area contributed by atoms with Gasteiger partial charge in [-0.1, -0.05) is 25.1 Å². The maximum absolute atomic E-state index is 13.3. The molecule has 4 saturated heterocycles. The first-order valence-electron chi connectivity index (χ1n) is 21.6. The molecule has 5 aliphatic rings. The molecule has 0 radical (unpaired) electrons. The summed E-state index contributed by atoms with van der Waals surface area (Å²) in [6, 6.07) is 11.9. The Kier molecular flexibility index (Phi) is 12.3. The lowest BCUT2D eigenvalue weighted by Crippen LogP contribution is -2.54. The number of urea groups is 1. The molecule has 1 unspecified atom stereocenters. The summed E-state index contributed by atoms with van der Waals surface area (Å²) in [6.45, 7) is 6.97. The van der Waals surface area contributed by atoms with Gasteiger partial charge in [0.15, 0.2) is 11.5 Å². The van der Waals surface area contributed by atoms with Crippen LogP contribution in [0.25, 0.3) is 0 Å². The van der Waals surface area contributed by atoms with Gasteiger partial charge in [-0.05, 0) is 67.3 Å². The van der Waals surface area contributed by atoms with Crippen molar-refractivity contribution < 1.29 is 38.3 Å². The number of nitrogens with one attached hydrogen (secondary N) is 3. The molecule has 0 saturated carbocycles. The average Bonchev–Trinajstić information content (AvgIpc) is 3.75. The van der Waals surface area contributed by atoms with E-state index in [0.717, 1.165) is 42.7 Å². The van der Waals surface area contributed by atoms with Crippen LogP contribution in [0.15, 0.2) is 48.7 Å². The van der Waals surface area contributed by atoms with E-state index in [-0.39, 0.29) is 78.5 Å². The number of carbonyl (C=O) groups is 7. The van der Waals surface area contributed by atoms with Gasteiger partial charge < -0.3 is 40.7 Å². The Morgan fingerprint density at radius 2 is 1.73 bits per heavy atom. The zero-order chi connectivity index (χ0) is 44.4. The first kappa shape index (κ1) is 43.0. The number of likely N-dealkylation sites (tertiary alicyclic amines) is 1. The molecule has 8 amide bonds.